The first-order chi connectivity index (χ1) is 9.20. The number of nitrogens with zero attached hydrogens (tertiary/aromatic N) is 1. The van der Waals surface area contributed by atoms with Crippen LogP contribution >= 0.6 is 0 Å². The molecular formula is C15H15NO3. The number of aromatic hydroxyl groups is 2. The van der Waals surface area contributed by atoms with Gasteiger partial charge in [0, 0.05) is 11.8 Å². The number of hydrogen-bond donors (Lipinski definition) is 2. The van der Waals surface area contributed by atoms with E-state index in [0.717, 1.165) is 11.4 Å². The normalized spacial score (nSPS) is 10.8. The van der Waals surface area contributed by atoms with Gasteiger partial charge in [0.05, 0.1) is 12.3 Å². The van der Waals surface area contributed by atoms with Gasteiger partial charge in [-0.05, 0) is 43.3 Å². The number of phenols is 2. The van der Waals surface area contributed by atoms with Gasteiger partial charge in [-0.25, -0.2) is 0 Å². The molecule has 0 aliphatic rings. The molecule has 19 heavy (non-hydrogen) atoms. The van der Waals surface area contributed by atoms with Crippen molar-refractivity contribution in [2.45, 2.75) is 6.92 Å². The quantitative estimate of drug-likeness (QED) is 0.653. The third kappa shape index (κ3) is 3.25. The molecule has 0 saturated carbocycles. The molecule has 0 unspecified atom stereocenters. The predicted octanol–water partition coefficient (Wildman–Crippen LogP) is 3.25. The van der Waals surface area contributed by atoms with Crippen LogP contribution in [0.3, 0.4) is 0 Å². The van der Waals surface area contributed by atoms with Crippen LogP contribution in [0.15, 0.2) is 47.5 Å². The van der Waals surface area contributed by atoms with Crippen LogP contribution in [0.25, 0.3) is 0 Å². The first-order valence-corrected chi connectivity index (χ1v) is 5.98. The zero-order valence-electron chi connectivity index (χ0n) is 10.6. The van der Waals surface area contributed by atoms with Crippen molar-refractivity contribution in [3.63, 3.8) is 0 Å². The molecule has 2 N–H and O–H groups in total. The lowest BCUT2D eigenvalue weighted by molar-refractivity contribution is 0.340. The van der Waals surface area contributed by atoms with Crippen LogP contribution in [-0.2, 0) is 0 Å². The standard InChI is InChI=1S/C15H15NO3/c1-2-19-13-8-6-12(7-9-13)16-10-11-4-3-5-14(17)15(11)18/h3-10,17-18H,2H2,1H3. The van der Waals surface area contributed by atoms with Crippen LogP contribution in [0.2, 0.25) is 0 Å². The Labute approximate surface area is 111 Å². The van der Waals surface area contributed by atoms with E-state index in [0.29, 0.717) is 12.2 Å². The minimum Gasteiger partial charge on any atom is -0.504 e. The average Bonchev–Trinajstić information content (AvgIpc) is 2.42. The zero-order valence-corrected chi connectivity index (χ0v) is 10.6. The Morgan fingerprint density at radius 3 is 2.53 bits per heavy atom. The van der Waals surface area contributed by atoms with E-state index in [4.69, 9.17) is 4.74 Å². The maximum atomic E-state index is 9.63. The molecule has 0 aliphatic carbocycles. The van der Waals surface area contributed by atoms with Gasteiger partial charge in [0.2, 0.25) is 0 Å². The van der Waals surface area contributed by atoms with E-state index in [1.54, 1.807) is 12.1 Å². The Morgan fingerprint density at radius 1 is 1.11 bits per heavy atom. The molecule has 2 rings (SSSR count). The lowest BCUT2D eigenvalue weighted by atomic mass is 10.2. The number of benzene rings is 2. The second kappa shape index (κ2) is 5.91. The van der Waals surface area contributed by atoms with Gasteiger partial charge >= 0.3 is 0 Å². The highest BCUT2D eigenvalue weighted by atomic mass is 16.5. The summed E-state index contributed by atoms with van der Waals surface area (Å²) in [7, 11) is 0. The Kier molecular flexibility index (Phi) is 4.03. The zero-order chi connectivity index (χ0) is 13.7. The van der Waals surface area contributed by atoms with Crippen molar-refractivity contribution in [2.75, 3.05) is 6.61 Å². The molecule has 0 atom stereocenters. The SMILES string of the molecule is CCOc1ccc(N=Cc2cccc(O)c2O)cc1. The van der Waals surface area contributed by atoms with Gasteiger partial charge in [0.15, 0.2) is 11.5 Å². The first kappa shape index (κ1) is 13.0. The van der Waals surface area contributed by atoms with Crippen molar-refractivity contribution in [3.05, 3.63) is 48.0 Å². The molecule has 98 valence electrons. The summed E-state index contributed by atoms with van der Waals surface area (Å²) >= 11 is 0. The van der Waals surface area contributed by atoms with E-state index in [9.17, 15) is 10.2 Å². The molecule has 0 bridgehead atoms. The summed E-state index contributed by atoms with van der Waals surface area (Å²) in [6, 6.07) is 12.0. The fourth-order valence-electron chi connectivity index (χ4n) is 1.59. The Morgan fingerprint density at radius 2 is 1.84 bits per heavy atom. The second-order valence-corrected chi connectivity index (χ2v) is 3.90. The fourth-order valence-corrected chi connectivity index (χ4v) is 1.59. The van der Waals surface area contributed by atoms with Gasteiger partial charge in [-0.2, -0.15) is 0 Å². The van der Waals surface area contributed by atoms with E-state index in [2.05, 4.69) is 4.99 Å². The molecule has 0 radical (unpaired) electrons. The molecule has 0 spiro atoms. The van der Waals surface area contributed by atoms with Crippen LogP contribution in [0.4, 0.5) is 5.69 Å². The molecule has 0 aliphatic heterocycles. The van der Waals surface area contributed by atoms with E-state index in [-0.39, 0.29) is 11.5 Å². The van der Waals surface area contributed by atoms with Gasteiger partial charge in [0.25, 0.3) is 0 Å². The van der Waals surface area contributed by atoms with Crippen molar-refractivity contribution in [3.8, 4) is 17.2 Å². The van der Waals surface area contributed by atoms with Crippen LogP contribution in [-0.4, -0.2) is 23.0 Å². The maximum absolute atomic E-state index is 9.63. The second-order valence-electron chi connectivity index (χ2n) is 3.90. The van der Waals surface area contributed by atoms with Crippen LogP contribution in [0, 0.1) is 0 Å². The number of hydrogen-bond acceptors (Lipinski definition) is 4. The van der Waals surface area contributed by atoms with E-state index in [1.807, 2.05) is 31.2 Å². The first-order valence-electron chi connectivity index (χ1n) is 5.98. The largest absolute Gasteiger partial charge is 0.504 e. The maximum Gasteiger partial charge on any atom is 0.166 e. The highest BCUT2D eigenvalue weighted by Crippen LogP contribution is 2.27. The molecule has 0 fully saturated rings. The Bertz CT molecular complexity index is 576. The van der Waals surface area contributed by atoms with Crippen molar-refractivity contribution in [2.24, 2.45) is 4.99 Å². The number of ether oxygens (including phenoxy) is 1. The topological polar surface area (TPSA) is 62.0 Å². The summed E-state index contributed by atoms with van der Waals surface area (Å²) in [6.45, 7) is 2.55. The lowest BCUT2D eigenvalue weighted by Gasteiger charge is -2.02. The number of rotatable bonds is 4. The number of phenolic OH excluding ortho intramolecular Hbond substituents is 2. The summed E-state index contributed by atoms with van der Waals surface area (Å²) in [4.78, 5) is 4.23. The molecule has 2 aromatic carbocycles. The molecule has 4 nitrogen and oxygen atoms in total. The van der Waals surface area contributed by atoms with Crippen molar-refractivity contribution in [1.82, 2.24) is 0 Å². The summed E-state index contributed by atoms with van der Waals surface area (Å²) in [5.74, 6) is 0.467. The van der Waals surface area contributed by atoms with Gasteiger partial charge in [-0.15, -0.1) is 0 Å². The molecule has 4 heteroatoms. The van der Waals surface area contributed by atoms with Crippen molar-refractivity contribution < 1.29 is 14.9 Å². The highest BCUT2D eigenvalue weighted by Gasteiger charge is 2.02. The van der Waals surface area contributed by atoms with Crippen molar-refractivity contribution >= 4 is 11.9 Å². The molecular weight excluding hydrogens is 242 g/mol. The molecule has 0 heterocycles. The summed E-state index contributed by atoms with van der Waals surface area (Å²) in [5.41, 5.74) is 1.21. The van der Waals surface area contributed by atoms with Crippen molar-refractivity contribution in [1.29, 1.82) is 0 Å². The van der Waals surface area contributed by atoms with E-state index < -0.39 is 0 Å². The van der Waals surface area contributed by atoms with Gasteiger partial charge < -0.3 is 14.9 Å². The minimum atomic E-state index is -0.169. The lowest BCUT2D eigenvalue weighted by Crippen LogP contribution is -1.89. The van der Waals surface area contributed by atoms with Gasteiger partial charge in [0.1, 0.15) is 5.75 Å². The summed E-state index contributed by atoms with van der Waals surface area (Å²) < 4.78 is 5.33. The Hall–Kier alpha value is -2.49. The monoisotopic (exact) mass is 257 g/mol. The third-order valence-electron chi connectivity index (χ3n) is 2.55. The fraction of sp³-hybridized carbons (Fsp3) is 0.133. The van der Waals surface area contributed by atoms with E-state index >= 15 is 0 Å². The molecule has 2 aromatic rings. The number of para-hydroxylation sites is 1. The van der Waals surface area contributed by atoms with Gasteiger partial charge in [-0.3, -0.25) is 4.99 Å². The van der Waals surface area contributed by atoms with Gasteiger partial charge in [-0.1, -0.05) is 6.07 Å². The summed E-state index contributed by atoms with van der Waals surface area (Å²) in [5, 5.41) is 19.0. The third-order valence-corrected chi connectivity index (χ3v) is 2.55. The van der Waals surface area contributed by atoms with E-state index in [1.165, 1.54) is 12.3 Å². The Balaban J connectivity index is 2.16. The smallest absolute Gasteiger partial charge is 0.166 e. The number of aliphatic imine (C=N–C) groups is 1. The van der Waals surface area contributed by atoms with Crippen LogP contribution in [0.1, 0.15) is 12.5 Å². The highest BCUT2D eigenvalue weighted by molar-refractivity contribution is 5.86. The molecule has 0 aromatic heterocycles. The average molecular weight is 257 g/mol. The molecule has 0 saturated heterocycles. The summed E-state index contributed by atoms with van der Waals surface area (Å²) in [6.07, 6.45) is 1.50. The minimum absolute atomic E-state index is 0.157. The molecule has 0 amide bonds. The predicted molar refractivity (Wildman–Crippen MR) is 74.6 cm³/mol. The van der Waals surface area contributed by atoms with Crippen LogP contribution in [0.5, 0.6) is 17.2 Å². The van der Waals surface area contributed by atoms with Crippen LogP contribution < -0.4 is 4.74 Å².